The maximum atomic E-state index is 10.0. The SMILES string of the molecule is COc1ccc2c(c1)CCC(N=[N+]=[N-])C2O. The minimum Gasteiger partial charge on any atom is -0.497 e. The average molecular weight is 219 g/mol. The summed E-state index contributed by atoms with van der Waals surface area (Å²) < 4.78 is 5.13. The fourth-order valence-corrected chi connectivity index (χ4v) is 2.07. The lowest BCUT2D eigenvalue weighted by Gasteiger charge is -2.27. The van der Waals surface area contributed by atoms with Gasteiger partial charge >= 0.3 is 0 Å². The molecule has 0 aliphatic heterocycles. The maximum Gasteiger partial charge on any atom is 0.119 e. The van der Waals surface area contributed by atoms with E-state index in [9.17, 15) is 5.11 Å². The molecule has 0 fully saturated rings. The van der Waals surface area contributed by atoms with E-state index in [4.69, 9.17) is 10.3 Å². The molecule has 1 aliphatic rings. The van der Waals surface area contributed by atoms with Gasteiger partial charge in [0.2, 0.25) is 0 Å². The normalized spacial score (nSPS) is 23.1. The van der Waals surface area contributed by atoms with E-state index in [0.29, 0.717) is 6.42 Å². The number of hydrogen-bond donors (Lipinski definition) is 1. The third kappa shape index (κ3) is 1.83. The van der Waals surface area contributed by atoms with Gasteiger partial charge in [-0.15, -0.1) is 0 Å². The van der Waals surface area contributed by atoms with Gasteiger partial charge in [-0.25, -0.2) is 0 Å². The number of methoxy groups -OCH3 is 1. The van der Waals surface area contributed by atoms with Crippen LogP contribution in [0.1, 0.15) is 23.7 Å². The van der Waals surface area contributed by atoms with Crippen LogP contribution in [0.5, 0.6) is 5.75 Å². The number of nitrogens with zero attached hydrogens (tertiary/aromatic N) is 3. The molecular weight excluding hydrogens is 206 g/mol. The summed E-state index contributed by atoms with van der Waals surface area (Å²) in [4.78, 5) is 2.76. The van der Waals surface area contributed by atoms with Crippen LogP contribution in [-0.4, -0.2) is 18.3 Å². The maximum absolute atomic E-state index is 10.0. The molecule has 2 unspecified atom stereocenters. The first-order valence-electron chi connectivity index (χ1n) is 5.15. The van der Waals surface area contributed by atoms with Crippen LogP contribution in [0.2, 0.25) is 0 Å². The summed E-state index contributed by atoms with van der Waals surface area (Å²) in [5.74, 6) is 0.785. The van der Waals surface area contributed by atoms with Crippen LogP contribution in [0.15, 0.2) is 23.3 Å². The number of benzene rings is 1. The zero-order chi connectivity index (χ0) is 11.5. The van der Waals surface area contributed by atoms with E-state index >= 15 is 0 Å². The molecule has 0 radical (unpaired) electrons. The van der Waals surface area contributed by atoms with Gasteiger partial charge in [-0.1, -0.05) is 11.2 Å². The highest BCUT2D eigenvalue weighted by Gasteiger charge is 2.27. The van der Waals surface area contributed by atoms with Gasteiger partial charge in [0.15, 0.2) is 0 Å². The molecule has 0 saturated heterocycles. The lowest BCUT2D eigenvalue weighted by molar-refractivity contribution is 0.134. The van der Waals surface area contributed by atoms with Crippen molar-refractivity contribution >= 4 is 0 Å². The van der Waals surface area contributed by atoms with Crippen LogP contribution >= 0.6 is 0 Å². The molecule has 5 heteroatoms. The highest BCUT2D eigenvalue weighted by atomic mass is 16.5. The fourth-order valence-electron chi connectivity index (χ4n) is 2.07. The largest absolute Gasteiger partial charge is 0.497 e. The van der Waals surface area contributed by atoms with E-state index in [0.717, 1.165) is 23.3 Å². The molecule has 16 heavy (non-hydrogen) atoms. The number of aliphatic hydroxyl groups excluding tert-OH is 1. The molecule has 2 rings (SSSR count). The monoisotopic (exact) mass is 219 g/mol. The van der Waals surface area contributed by atoms with Crippen molar-refractivity contribution in [2.75, 3.05) is 7.11 Å². The summed E-state index contributed by atoms with van der Waals surface area (Å²) in [7, 11) is 1.61. The first-order chi connectivity index (χ1) is 7.76. The van der Waals surface area contributed by atoms with Gasteiger partial charge in [-0.2, -0.15) is 0 Å². The molecule has 5 nitrogen and oxygen atoms in total. The third-order valence-corrected chi connectivity index (χ3v) is 2.94. The van der Waals surface area contributed by atoms with Gasteiger partial charge in [-0.05, 0) is 41.6 Å². The lowest BCUT2D eigenvalue weighted by atomic mass is 9.86. The Morgan fingerprint density at radius 2 is 2.38 bits per heavy atom. The Morgan fingerprint density at radius 1 is 1.56 bits per heavy atom. The second-order valence-corrected chi connectivity index (χ2v) is 3.82. The number of rotatable bonds is 2. The van der Waals surface area contributed by atoms with Crippen molar-refractivity contribution < 1.29 is 9.84 Å². The van der Waals surface area contributed by atoms with Crippen molar-refractivity contribution in [3.8, 4) is 5.75 Å². The third-order valence-electron chi connectivity index (χ3n) is 2.94. The molecule has 0 bridgehead atoms. The molecule has 0 aromatic heterocycles. The van der Waals surface area contributed by atoms with E-state index < -0.39 is 6.10 Å². The van der Waals surface area contributed by atoms with Crippen molar-refractivity contribution in [1.82, 2.24) is 0 Å². The fraction of sp³-hybridized carbons (Fsp3) is 0.455. The van der Waals surface area contributed by atoms with Crippen LogP contribution in [0, 0.1) is 0 Å². The molecule has 1 N–H and O–H groups in total. The van der Waals surface area contributed by atoms with Crippen LogP contribution < -0.4 is 4.74 Å². The predicted molar refractivity (Wildman–Crippen MR) is 59.2 cm³/mol. The molecule has 0 amide bonds. The summed E-state index contributed by atoms with van der Waals surface area (Å²) in [6.07, 6.45) is 0.768. The number of fused-ring (bicyclic) bond motifs is 1. The smallest absolute Gasteiger partial charge is 0.119 e. The standard InChI is InChI=1S/C11H13N3O2/c1-16-8-3-4-9-7(6-8)2-5-10(11(9)15)13-14-12/h3-4,6,10-11,15H,2,5H2,1H3. The van der Waals surface area contributed by atoms with Gasteiger partial charge in [0.25, 0.3) is 0 Å². The van der Waals surface area contributed by atoms with E-state index in [1.54, 1.807) is 13.2 Å². The van der Waals surface area contributed by atoms with Crippen LogP contribution in [0.4, 0.5) is 0 Å². The first-order valence-corrected chi connectivity index (χ1v) is 5.15. The second-order valence-electron chi connectivity index (χ2n) is 3.82. The van der Waals surface area contributed by atoms with Crippen molar-refractivity contribution in [3.63, 3.8) is 0 Å². The Kier molecular flexibility index (Phi) is 2.99. The van der Waals surface area contributed by atoms with Gasteiger partial charge in [0, 0.05) is 4.91 Å². The first kappa shape index (κ1) is 10.8. The summed E-state index contributed by atoms with van der Waals surface area (Å²) in [5.41, 5.74) is 10.3. The Hall–Kier alpha value is -1.71. The highest BCUT2D eigenvalue weighted by Crippen LogP contribution is 2.33. The van der Waals surface area contributed by atoms with Gasteiger partial charge in [0.1, 0.15) is 5.75 Å². The summed E-state index contributed by atoms with van der Waals surface area (Å²) in [6.45, 7) is 0. The second kappa shape index (κ2) is 4.43. The van der Waals surface area contributed by atoms with Crippen molar-refractivity contribution in [2.45, 2.75) is 25.0 Å². The predicted octanol–water partition coefficient (Wildman–Crippen LogP) is 2.35. The summed E-state index contributed by atoms with van der Waals surface area (Å²) in [5, 5.41) is 13.6. The van der Waals surface area contributed by atoms with Crippen LogP contribution in [0.3, 0.4) is 0 Å². The zero-order valence-electron chi connectivity index (χ0n) is 9.00. The van der Waals surface area contributed by atoms with E-state index in [-0.39, 0.29) is 6.04 Å². The van der Waals surface area contributed by atoms with Crippen molar-refractivity contribution in [1.29, 1.82) is 0 Å². The van der Waals surface area contributed by atoms with Gasteiger partial charge in [-0.3, -0.25) is 0 Å². The Morgan fingerprint density at radius 3 is 3.06 bits per heavy atom. The minimum absolute atomic E-state index is 0.356. The Labute approximate surface area is 93.3 Å². The molecule has 1 aliphatic carbocycles. The van der Waals surface area contributed by atoms with Crippen molar-refractivity contribution in [2.24, 2.45) is 5.11 Å². The van der Waals surface area contributed by atoms with Crippen LogP contribution in [0.25, 0.3) is 10.4 Å². The molecule has 2 atom stereocenters. The highest BCUT2D eigenvalue weighted by molar-refractivity contribution is 5.39. The molecule has 0 saturated carbocycles. The number of aryl methyl sites for hydroxylation is 1. The Balaban J connectivity index is 2.34. The topological polar surface area (TPSA) is 78.2 Å². The molecule has 84 valence electrons. The van der Waals surface area contributed by atoms with Gasteiger partial charge in [0.05, 0.1) is 19.3 Å². The zero-order valence-corrected chi connectivity index (χ0v) is 9.00. The number of aliphatic hydroxyl groups is 1. The lowest BCUT2D eigenvalue weighted by Crippen LogP contribution is -2.23. The molecular formula is C11H13N3O2. The van der Waals surface area contributed by atoms with E-state index in [1.807, 2.05) is 12.1 Å². The number of hydrogen-bond acceptors (Lipinski definition) is 3. The average Bonchev–Trinajstić information content (AvgIpc) is 2.32. The quantitative estimate of drug-likeness (QED) is 0.470. The van der Waals surface area contributed by atoms with Crippen LogP contribution in [-0.2, 0) is 6.42 Å². The molecule has 0 heterocycles. The molecule has 1 aromatic rings. The van der Waals surface area contributed by atoms with Crippen molar-refractivity contribution in [3.05, 3.63) is 39.8 Å². The van der Waals surface area contributed by atoms with Gasteiger partial charge < -0.3 is 9.84 Å². The van der Waals surface area contributed by atoms with E-state index in [1.165, 1.54) is 0 Å². The molecule has 0 spiro atoms. The molecule has 1 aromatic carbocycles. The Bertz CT molecular complexity index is 441. The summed E-state index contributed by atoms with van der Waals surface area (Å²) >= 11 is 0. The summed E-state index contributed by atoms with van der Waals surface area (Å²) in [6, 6.07) is 5.20. The van der Waals surface area contributed by atoms with E-state index in [2.05, 4.69) is 10.0 Å². The number of azide groups is 1. The number of ether oxygens (including phenoxy) is 1. The minimum atomic E-state index is -0.703.